The maximum atomic E-state index is 13.1. The van der Waals surface area contributed by atoms with E-state index < -0.39 is 23.8 Å². The van der Waals surface area contributed by atoms with Crippen molar-refractivity contribution in [2.45, 2.75) is 56.7 Å². The molecule has 1 aliphatic carbocycles. The summed E-state index contributed by atoms with van der Waals surface area (Å²) < 4.78 is 0. The van der Waals surface area contributed by atoms with Crippen LogP contribution in [0, 0.1) is 5.92 Å². The van der Waals surface area contributed by atoms with Gasteiger partial charge in [0.05, 0.1) is 11.1 Å². The van der Waals surface area contributed by atoms with Gasteiger partial charge in [-0.15, -0.1) is 0 Å². The Labute approximate surface area is 181 Å². The summed E-state index contributed by atoms with van der Waals surface area (Å²) in [5.74, 6) is -0.998. The van der Waals surface area contributed by atoms with Gasteiger partial charge < -0.3 is 5.32 Å². The van der Waals surface area contributed by atoms with Gasteiger partial charge in [0.2, 0.25) is 11.8 Å². The molecule has 4 aliphatic heterocycles. The van der Waals surface area contributed by atoms with Gasteiger partial charge in [0.15, 0.2) is 0 Å². The van der Waals surface area contributed by atoms with Crippen LogP contribution in [0.3, 0.4) is 0 Å². The highest BCUT2D eigenvalue weighted by atomic mass is 16.2. The van der Waals surface area contributed by atoms with Crippen LogP contribution in [0.1, 0.15) is 64.8 Å². The van der Waals surface area contributed by atoms with Gasteiger partial charge in [-0.05, 0) is 75.9 Å². The van der Waals surface area contributed by atoms with E-state index in [2.05, 4.69) is 15.5 Å². The van der Waals surface area contributed by atoms with Crippen molar-refractivity contribution in [3.05, 3.63) is 34.9 Å². The van der Waals surface area contributed by atoms with Gasteiger partial charge in [-0.25, -0.2) is 0 Å². The molecule has 3 saturated heterocycles. The molecule has 6 rings (SSSR count). The Hall–Kier alpha value is -2.58. The van der Waals surface area contributed by atoms with Gasteiger partial charge in [0.25, 0.3) is 11.8 Å². The number of benzene rings is 1. The second-order valence-corrected chi connectivity index (χ2v) is 9.39. The SMILES string of the molecule is CNCCC12CC(CCN1Cc1ccc3c(c1)C(=O)N(C1CCC(=O)NC1=O)C3=O)C2. The van der Waals surface area contributed by atoms with Crippen molar-refractivity contribution in [2.75, 3.05) is 20.1 Å². The van der Waals surface area contributed by atoms with Gasteiger partial charge in [0, 0.05) is 18.5 Å². The molecular formula is C23H28N4O4. The molecule has 1 aromatic rings. The molecule has 1 unspecified atom stereocenters. The molecule has 1 saturated carbocycles. The Bertz CT molecular complexity index is 968. The zero-order valence-corrected chi connectivity index (χ0v) is 17.8. The average Bonchev–Trinajstić information content (AvgIpc) is 2.97. The number of imide groups is 2. The molecule has 2 N–H and O–H groups in total. The summed E-state index contributed by atoms with van der Waals surface area (Å²) in [6.07, 6.45) is 5.10. The average molecular weight is 425 g/mol. The third-order valence-electron chi connectivity index (χ3n) is 7.53. The number of nitrogens with zero attached hydrogens (tertiary/aromatic N) is 2. The Kier molecular flexibility index (Phi) is 4.94. The fourth-order valence-corrected chi connectivity index (χ4v) is 5.86. The van der Waals surface area contributed by atoms with E-state index in [1.165, 1.54) is 19.3 Å². The third-order valence-corrected chi connectivity index (χ3v) is 7.53. The lowest BCUT2D eigenvalue weighted by atomic mass is 9.61. The topological polar surface area (TPSA) is 98.8 Å². The number of nitrogens with one attached hydrogen (secondary N) is 2. The molecule has 8 nitrogen and oxygen atoms in total. The Morgan fingerprint density at radius 1 is 1.10 bits per heavy atom. The minimum atomic E-state index is -0.924. The Morgan fingerprint density at radius 3 is 2.61 bits per heavy atom. The number of hydrogen-bond donors (Lipinski definition) is 2. The predicted molar refractivity (Wildman–Crippen MR) is 112 cm³/mol. The molecule has 2 bridgehead atoms. The fraction of sp³-hybridized carbons (Fsp3) is 0.565. The highest BCUT2D eigenvalue weighted by Gasteiger charge is 2.51. The molecule has 4 fully saturated rings. The van der Waals surface area contributed by atoms with E-state index in [1.54, 1.807) is 6.07 Å². The summed E-state index contributed by atoms with van der Waals surface area (Å²) >= 11 is 0. The molecule has 4 heterocycles. The largest absolute Gasteiger partial charge is 0.320 e. The monoisotopic (exact) mass is 424 g/mol. The molecule has 0 spiro atoms. The molecule has 5 aliphatic rings. The number of carbonyl (C=O) groups is 4. The molecular weight excluding hydrogens is 396 g/mol. The molecule has 4 amide bonds. The molecule has 0 aromatic heterocycles. The van der Waals surface area contributed by atoms with Crippen molar-refractivity contribution in [1.82, 2.24) is 20.4 Å². The van der Waals surface area contributed by atoms with Crippen molar-refractivity contribution in [3.63, 3.8) is 0 Å². The number of carbonyl (C=O) groups excluding carboxylic acids is 4. The van der Waals surface area contributed by atoms with Crippen molar-refractivity contribution in [3.8, 4) is 0 Å². The molecule has 1 atom stereocenters. The van der Waals surface area contributed by atoms with Crippen molar-refractivity contribution >= 4 is 23.6 Å². The highest BCUT2D eigenvalue weighted by molar-refractivity contribution is 6.23. The predicted octanol–water partition coefficient (Wildman–Crippen LogP) is 1.05. The molecule has 8 heteroatoms. The Balaban J connectivity index is 1.36. The van der Waals surface area contributed by atoms with Gasteiger partial charge in [-0.2, -0.15) is 0 Å². The quantitative estimate of drug-likeness (QED) is 0.663. The highest BCUT2D eigenvalue weighted by Crippen LogP contribution is 2.51. The van der Waals surface area contributed by atoms with E-state index in [4.69, 9.17) is 0 Å². The fourth-order valence-electron chi connectivity index (χ4n) is 5.86. The van der Waals surface area contributed by atoms with Crippen LogP contribution in [0.15, 0.2) is 18.2 Å². The van der Waals surface area contributed by atoms with Gasteiger partial charge in [0.1, 0.15) is 6.04 Å². The van der Waals surface area contributed by atoms with Crippen LogP contribution in [0.5, 0.6) is 0 Å². The first-order chi connectivity index (χ1) is 14.9. The van der Waals surface area contributed by atoms with Gasteiger partial charge in [-0.3, -0.25) is 34.3 Å². The zero-order chi connectivity index (χ0) is 21.8. The third kappa shape index (κ3) is 3.29. The maximum absolute atomic E-state index is 13.1. The number of hydrogen-bond acceptors (Lipinski definition) is 6. The van der Waals surface area contributed by atoms with Crippen molar-refractivity contribution in [2.24, 2.45) is 5.92 Å². The van der Waals surface area contributed by atoms with E-state index >= 15 is 0 Å². The van der Waals surface area contributed by atoms with Crippen LogP contribution in [0.4, 0.5) is 0 Å². The molecule has 164 valence electrons. The van der Waals surface area contributed by atoms with E-state index in [0.29, 0.717) is 11.1 Å². The lowest BCUT2D eigenvalue weighted by Gasteiger charge is -2.60. The first kappa shape index (κ1) is 20.3. The smallest absolute Gasteiger partial charge is 0.262 e. The van der Waals surface area contributed by atoms with E-state index in [9.17, 15) is 19.2 Å². The molecule has 1 aromatic carbocycles. The number of amides is 4. The minimum Gasteiger partial charge on any atom is -0.320 e. The summed E-state index contributed by atoms with van der Waals surface area (Å²) in [5, 5.41) is 5.50. The zero-order valence-electron chi connectivity index (χ0n) is 17.8. The summed E-state index contributed by atoms with van der Waals surface area (Å²) in [6, 6.07) is 4.53. The molecule has 0 radical (unpaired) electrons. The van der Waals surface area contributed by atoms with Gasteiger partial charge >= 0.3 is 0 Å². The number of rotatable bonds is 6. The summed E-state index contributed by atoms with van der Waals surface area (Å²) in [4.78, 5) is 53.2. The lowest BCUT2D eigenvalue weighted by Crippen LogP contribution is -2.62. The second-order valence-electron chi connectivity index (χ2n) is 9.39. The Morgan fingerprint density at radius 2 is 1.87 bits per heavy atom. The van der Waals surface area contributed by atoms with Crippen LogP contribution >= 0.6 is 0 Å². The van der Waals surface area contributed by atoms with E-state index in [-0.39, 0.29) is 24.3 Å². The van der Waals surface area contributed by atoms with Crippen molar-refractivity contribution < 1.29 is 19.2 Å². The first-order valence-electron chi connectivity index (χ1n) is 11.2. The van der Waals surface area contributed by atoms with Crippen LogP contribution in [0.2, 0.25) is 0 Å². The van der Waals surface area contributed by atoms with Gasteiger partial charge in [-0.1, -0.05) is 6.07 Å². The lowest BCUT2D eigenvalue weighted by molar-refractivity contribution is -0.136. The van der Waals surface area contributed by atoms with Crippen LogP contribution in [-0.2, 0) is 16.1 Å². The first-order valence-corrected chi connectivity index (χ1v) is 11.2. The normalized spacial score (nSPS) is 30.3. The van der Waals surface area contributed by atoms with Crippen LogP contribution in [0.25, 0.3) is 0 Å². The maximum Gasteiger partial charge on any atom is 0.262 e. The number of fused-ring (bicyclic) bond motifs is 3. The molecule has 31 heavy (non-hydrogen) atoms. The second kappa shape index (κ2) is 7.53. The standard InChI is InChI=1S/C23H28N4O4/c1-24-8-7-23-11-15(12-23)6-9-26(23)13-14-2-3-16-17(10-14)22(31)27(21(16)30)18-4-5-19(28)25-20(18)29/h2-3,10,15,18,24H,4-9,11-13H2,1H3,(H,25,28,29). The van der Waals surface area contributed by atoms with E-state index in [1.807, 2.05) is 19.2 Å². The summed E-state index contributed by atoms with van der Waals surface area (Å²) in [6.45, 7) is 2.80. The number of piperidine rings is 3. The summed E-state index contributed by atoms with van der Waals surface area (Å²) in [5.41, 5.74) is 1.95. The minimum absolute atomic E-state index is 0.125. The van der Waals surface area contributed by atoms with E-state index in [0.717, 1.165) is 42.4 Å². The van der Waals surface area contributed by atoms with Crippen molar-refractivity contribution in [1.29, 1.82) is 0 Å². The van der Waals surface area contributed by atoms with Crippen LogP contribution in [-0.4, -0.2) is 65.1 Å². The van der Waals surface area contributed by atoms with Crippen LogP contribution < -0.4 is 10.6 Å². The summed E-state index contributed by atoms with van der Waals surface area (Å²) in [7, 11) is 1.98.